The van der Waals surface area contributed by atoms with Gasteiger partial charge >= 0.3 is 23.9 Å². The van der Waals surface area contributed by atoms with Crippen molar-refractivity contribution in [1.29, 1.82) is 0 Å². The van der Waals surface area contributed by atoms with Gasteiger partial charge in [0.15, 0.2) is 0 Å². The van der Waals surface area contributed by atoms with Crippen LogP contribution >= 0.6 is 0 Å². The number of carbonyl (C=O) groups excluding carboxylic acids is 4. The molecule has 62 heavy (non-hydrogen) atoms. The maximum absolute atomic E-state index is 13.4. The average Bonchev–Trinajstić information content (AvgIpc) is 3.70. The Kier molecular flexibility index (Phi) is 18.7. The Morgan fingerprint density at radius 3 is 2.11 bits per heavy atom. The van der Waals surface area contributed by atoms with E-state index in [1.54, 1.807) is 60.8 Å². The summed E-state index contributed by atoms with van der Waals surface area (Å²) in [5, 5.41) is 0. The quantitative estimate of drug-likeness (QED) is 0.0206. The molecule has 1 heterocycles. The normalized spacial score (nSPS) is 13.1. The molecule has 0 aliphatic heterocycles. The van der Waals surface area contributed by atoms with Crippen molar-refractivity contribution in [3.63, 3.8) is 0 Å². The fourth-order valence-corrected chi connectivity index (χ4v) is 6.53. The first-order valence-corrected chi connectivity index (χ1v) is 21.6. The molecule has 0 N–H and O–H groups in total. The van der Waals surface area contributed by atoms with Gasteiger partial charge in [-0.05, 0) is 118 Å². The highest BCUT2D eigenvalue weighted by atomic mass is 16.5. The Morgan fingerprint density at radius 1 is 0.790 bits per heavy atom. The smallest absolute Gasteiger partial charge is 0.343 e. The SMILES string of the molecule is C=CC(=O)OCCCCCCCc1ccc(C(=O)Oc2ccc(OC(=O)c3ccc(OCCCCCCOC(=O)C(C)C)cc3)cc2C=NCc2nc3c(o2)C(C)CC=C3)cc1. The first-order chi connectivity index (χ1) is 30.1. The van der Waals surface area contributed by atoms with E-state index in [1.165, 1.54) is 6.08 Å². The van der Waals surface area contributed by atoms with Gasteiger partial charge in [-0.1, -0.05) is 64.8 Å². The van der Waals surface area contributed by atoms with Crippen LogP contribution < -0.4 is 14.2 Å². The van der Waals surface area contributed by atoms with Gasteiger partial charge in [-0.25, -0.2) is 19.4 Å². The Balaban J connectivity index is 1.15. The van der Waals surface area contributed by atoms with Crippen molar-refractivity contribution >= 4 is 36.2 Å². The minimum Gasteiger partial charge on any atom is -0.494 e. The molecule has 12 heteroatoms. The molecule has 5 rings (SSSR count). The molecule has 3 aromatic carbocycles. The molecular formula is C50H58N2O10. The van der Waals surface area contributed by atoms with Crippen molar-refractivity contribution < 1.29 is 47.3 Å². The second-order valence-electron chi connectivity index (χ2n) is 15.5. The second-order valence-corrected chi connectivity index (χ2v) is 15.5. The number of aryl methyl sites for hydroxylation is 1. The van der Waals surface area contributed by atoms with E-state index in [2.05, 4.69) is 29.6 Å². The standard InChI is InChI=1S/C50H58N2O10/c1-5-46(53)58-30-13-8-6-7-11-17-37-19-21-38(22-20-37)50(56)61-44-28-27-42(32-40(44)33-51-34-45-52-43-18-15-16-36(4)47(43)62-45)60-49(55)39-23-25-41(26-24-39)57-29-12-9-10-14-31-59-48(54)35(2)3/h5,15,18-28,32-33,35-36H,1,6-14,16-17,29-31,34H2,2-4H3. The highest BCUT2D eigenvalue weighted by Crippen LogP contribution is 2.30. The van der Waals surface area contributed by atoms with E-state index in [9.17, 15) is 19.2 Å². The lowest BCUT2D eigenvalue weighted by molar-refractivity contribution is -0.147. The number of benzene rings is 3. The number of hydrogen-bond acceptors (Lipinski definition) is 12. The summed E-state index contributed by atoms with van der Waals surface area (Å²) in [5.74, 6) is 0.850. The van der Waals surface area contributed by atoms with E-state index < -0.39 is 17.9 Å². The first-order valence-electron chi connectivity index (χ1n) is 21.6. The van der Waals surface area contributed by atoms with E-state index in [1.807, 2.05) is 32.1 Å². The van der Waals surface area contributed by atoms with Gasteiger partial charge in [0.2, 0.25) is 5.89 Å². The fraction of sp³-hybridized carbons (Fsp3) is 0.400. The number of aliphatic imine (C=N–C) groups is 1. The molecule has 0 fully saturated rings. The number of oxazole rings is 1. The summed E-state index contributed by atoms with van der Waals surface area (Å²) < 4.78 is 33.7. The van der Waals surface area contributed by atoms with Gasteiger partial charge in [0.1, 0.15) is 35.2 Å². The van der Waals surface area contributed by atoms with E-state index in [-0.39, 0.29) is 35.8 Å². The van der Waals surface area contributed by atoms with Crippen molar-refractivity contribution in [2.75, 3.05) is 19.8 Å². The van der Waals surface area contributed by atoms with Gasteiger partial charge in [-0.3, -0.25) is 9.79 Å². The van der Waals surface area contributed by atoms with Crippen molar-refractivity contribution in [2.45, 2.75) is 104 Å². The Morgan fingerprint density at radius 2 is 1.42 bits per heavy atom. The summed E-state index contributed by atoms with van der Waals surface area (Å²) in [6.45, 7) is 10.6. The molecule has 1 aromatic heterocycles. The third-order valence-corrected chi connectivity index (χ3v) is 10.1. The molecule has 0 saturated heterocycles. The number of allylic oxidation sites excluding steroid dienone is 1. The molecule has 1 aliphatic carbocycles. The number of carbonyl (C=O) groups is 4. The van der Waals surface area contributed by atoms with Gasteiger partial charge in [0.25, 0.3) is 0 Å². The minimum absolute atomic E-state index is 0.116. The average molecular weight is 847 g/mol. The van der Waals surface area contributed by atoms with Crippen LogP contribution in [0.1, 0.15) is 140 Å². The monoisotopic (exact) mass is 846 g/mol. The maximum Gasteiger partial charge on any atom is 0.343 e. The number of fused-ring (bicyclic) bond motifs is 1. The van der Waals surface area contributed by atoms with Crippen LogP contribution in [0.25, 0.3) is 6.08 Å². The second kappa shape index (κ2) is 24.8. The van der Waals surface area contributed by atoms with Gasteiger partial charge < -0.3 is 28.1 Å². The highest BCUT2D eigenvalue weighted by Gasteiger charge is 2.20. The number of hydrogen-bond donors (Lipinski definition) is 0. The van der Waals surface area contributed by atoms with Crippen molar-refractivity contribution in [2.24, 2.45) is 10.9 Å². The van der Waals surface area contributed by atoms with E-state index in [0.717, 1.165) is 87.6 Å². The Bertz CT molecular complexity index is 2150. The molecule has 328 valence electrons. The molecule has 1 atom stereocenters. The number of unbranched alkanes of at least 4 members (excludes halogenated alkanes) is 7. The zero-order chi connectivity index (χ0) is 44.1. The predicted molar refractivity (Wildman–Crippen MR) is 237 cm³/mol. The molecule has 0 amide bonds. The summed E-state index contributed by atoms with van der Waals surface area (Å²) in [6, 6.07) is 18.8. The zero-order valence-electron chi connectivity index (χ0n) is 36.1. The number of nitrogens with zero attached hydrogens (tertiary/aromatic N) is 2. The molecule has 12 nitrogen and oxygen atoms in total. The predicted octanol–water partition coefficient (Wildman–Crippen LogP) is 10.6. The summed E-state index contributed by atoms with van der Waals surface area (Å²) in [5.41, 5.74) is 3.07. The largest absolute Gasteiger partial charge is 0.494 e. The first kappa shape index (κ1) is 46.8. The Hall–Kier alpha value is -6.30. The van der Waals surface area contributed by atoms with Crippen molar-refractivity contribution in [3.8, 4) is 17.2 Å². The van der Waals surface area contributed by atoms with Gasteiger partial charge in [-0.2, -0.15) is 0 Å². The van der Waals surface area contributed by atoms with Crippen LogP contribution in [-0.2, 0) is 32.0 Å². The van der Waals surface area contributed by atoms with E-state index in [4.69, 9.17) is 28.1 Å². The zero-order valence-corrected chi connectivity index (χ0v) is 36.1. The number of rotatable bonds is 25. The van der Waals surface area contributed by atoms with Crippen LogP contribution in [0.2, 0.25) is 0 Å². The lowest BCUT2D eigenvalue weighted by Crippen LogP contribution is -2.12. The van der Waals surface area contributed by atoms with E-state index >= 15 is 0 Å². The molecule has 0 radical (unpaired) electrons. The summed E-state index contributed by atoms with van der Waals surface area (Å²) >= 11 is 0. The van der Waals surface area contributed by atoms with Gasteiger partial charge in [0.05, 0.1) is 36.9 Å². The van der Waals surface area contributed by atoms with Crippen molar-refractivity contribution in [1.82, 2.24) is 4.98 Å². The lowest BCUT2D eigenvalue weighted by Gasteiger charge is -2.11. The van der Waals surface area contributed by atoms with E-state index in [0.29, 0.717) is 48.2 Å². The molecule has 0 saturated carbocycles. The number of ether oxygens (including phenoxy) is 5. The van der Waals surface area contributed by atoms with Crippen LogP contribution in [-0.4, -0.2) is 54.9 Å². The molecular weight excluding hydrogens is 789 g/mol. The minimum atomic E-state index is -0.568. The van der Waals surface area contributed by atoms with Crippen LogP contribution in [0.3, 0.4) is 0 Å². The number of aromatic nitrogens is 1. The molecule has 1 aliphatic rings. The third kappa shape index (κ3) is 15.3. The third-order valence-electron chi connectivity index (χ3n) is 10.1. The van der Waals surface area contributed by atoms with Crippen molar-refractivity contribution in [3.05, 3.63) is 125 Å². The maximum atomic E-state index is 13.4. The van der Waals surface area contributed by atoms with Crippen LogP contribution in [0.15, 0.2) is 94.9 Å². The molecule has 1 unspecified atom stereocenters. The summed E-state index contributed by atoms with van der Waals surface area (Å²) in [4.78, 5) is 58.4. The van der Waals surface area contributed by atoms with Gasteiger partial charge in [0, 0.05) is 23.8 Å². The molecule has 4 aromatic rings. The Labute approximate surface area is 364 Å². The summed E-state index contributed by atoms with van der Waals surface area (Å²) in [7, 11) is 0. The number of esters is 4. The fourth-order valence-electron chi connectivity index (χ4n) is 6.53. The molecule has 0 bridgehead atoms. The topological polar surface area (TPSA) is 153 Å². The highest BCUT2D eigenvalue weighted by molar-refractivity contribution is 5.94. The van der Waals surface area contributed by atoms with Crippen LogP contribution in [0.4, 0.5) is 0 Å². The molecule has 0 spiro atoms. The van der Waals surface area contributed by atoms with Crippen LogP contribution in [0.5, 0.6) is 17.2 Å². The lowest BCUT2D eigenvalue weighted by atomic mass is 9.98. The van der Waals surface area contributed by atoms with Crippen LogP contribution in [0, 0.1) is 5.92 Å². The summed E-state index contributed by atoms with van der Waals surface area (Å²) in [6.07, 6.45) is 17.0. The van der Waals surface area contributed by atoms with Gasteiger partial charge in [-0.15, -0.1) is 0 Å².